The highest BCUT2D eigenvalue weighted by atomic mass is 28.4. The normalized spacial score (nSPS) is 31.8. The third-order valence-electron chi connectivity index (χ3n) is 3.09. The van der Waals surface area contributed by atoms with Gasteiger partial charge >= 0.3 is 0 Å². The van der Waals surface area contributed by atoms with Gasteiger partial charge in [0.2, 0.25) is 0 Å². The van der Waals surface area contributed by atoms with Crippen LogP contribution in [0.1, 0.15) is 33.6 Å². The van der Waals surface area contributed by atoms with E-state index in [1.165, 1.54) is 0 Å². The lowest BCUT2D eigenvalue weighted by atomic mass is 9.97. The number of hydrogen-bond acceptors (Lipinski definition) is 2. The topological polar surface area (TPSA) is 18.5 Å². The van der Waals surface area contributed by atoms with Crippen LogP contribution in [0.15, 0.2) is 12.7 Å². The van der Waals surface area contributed by atoms with E-state index in [0.717, 1.165) is 12.8 Å². The van der Waals surface area contributed by atoms with Gasteiger partial charge in [-0.15, -0.1) is 6.58 Å². The van der Waals surface area contributed by atoms with Crippen LogP contribution in [0.5, 0.6) is 0 Å². The van der Waals surface area contributed by atoms with Crippen LogP contribution in [-0.4, -0.2) is 25.6 Å². The monoisotopic (exact) mass is 242 g/mol. The van der Waals surface area contributed by atoms with Crippen molar-refractivity contribution in [2.24, 2.45) is 0 Å². The molecular weight excluding hydrogens is 216 g/mol. The molecule has 3 heteroatoms. The Morgan fingerprint density at radius 3 is 2.38 bits per heavy atom. The lowest BCUT2D eigenvalue weighted by Crippen LogP contribution is -2.47. The van der Waals surface area contributed by atoms with Crippen LogP contribution in [0.3, 0.4) is 0 Å². The molecule has 16 heavy (non-hydrogen) atoms. The minimum absolute atomic E-state index is 0.162. The van der Waals surface area contributed by atoms with Gasteiger partial charge in [0.1, 0.15) is 0 Å². The molecule has 1 fully saturated rings. The van der Waals surface area contributed by atoms with Crippen molar-refractivity contribution < 1.29 is 9.16 Å². The summed E-state index contributed by atoms with van der Waals surface area (Å²) in [5.41, 5.74) is -0.351. The fraction of sp³-hybridized carbons (Fsp3) is 0.846. The van der Waals surface area contributed by atoms with E-state index < -0.39 is 8.32 Å². The van der Waals surface area contributed by atoms with E-state index in [9.17, 15) is 0 Å². The number of ether oxygens (including phenoxy) is 1. The molecule has 0 N–H and O–H groups in total. The van der Waals surface area contributed by atoms with E-state index in [0.29, 0.717) is 0 Å². The summed E-state index contributed by atoms with van der Waals surface area (Å²) in [6, 6.07) is 0. The van der Waals surface area contributed by atoms with Crippen LogP contribution in [0, 0.1) is 0 Å². The van der Waals surface area contributed by atoms with Crippen molar-refractivity contribution in [3.05, 3.63) is 12.7 Å². The van der Waals surface area contributed by atoms with Crippen molar-refractivity contribution in [3.63, 3.8) is 0 Å². The summed E-state index contributed by atoms with van der Waals surface area (Å²) in [7, 11) is -1.52. The van der Waals surface area contributed by atoms with Crippen LogP contribution in [-0.2, 0) is 9.16 Å². The van der Waals surface area contributed by atoms with Crippen molar-refractivity contribution in [2.75, 3.05) is 0 Å². The SMILES string of the molecule is C=C[C@@]1(C)CC[C@@H](C(C)(C)O[Si](C)(C)C)O1. The molecule has 0 saturated carbocycles. The van der Waals surface area contributed by atoms with Gasteiger partial charge in [-0.1, -0.05) is 6.08 Å². The summed E-state index contributed by atoms with van der Waals surface area (Å²) in [5.74, 6) is 0. The zero-order valence-electron chi connectivity index (χ0n) is 11.6. The molecule has 0 aromatic heterocycles. The van der Waals surface area contributed by atoms with Gasteiger partial charge in [0.15, 0.2) is 8.32 Å². The summed E-state index contributed by atoms with van der Waals surface area (Å²) in [6.45, 7) is 16.9. The Balaban J connectivity index is 2.69. The summed E-state index contributed by atoms with van der Waals surface area (Å²) in [6.07, 6.45) is 4.19. The summed E-state index contributed by atoms with van der Waals surface area (Å²) < 4.78 is 12.3. The third-order valence-corrected chi connectivity index (χ3v) is 4.23. The van der Waals surface area contributed by atoms with Gasteiger partial charge in [-0.05, 0) is 53.3 Å². The first-order valence-electron chi connectivity index (χ1n) is 6.10. The van der Waals surface area contributed by atoms with Gasteiger partial charge in [0.05, 0.1) is 17.3 Å². The molecule has 0 radical (unpaired) electrons. The molecule has 2 atom stereocenters. The minimum atomic E-state index is -1.52. The van der Waals surface area contributed by atoms with E-state index in [2.05, 4.69) is 47.0 Å². The van der Waals surface area contributed by atoms with E-state index in [1.807, 2.05) is 6.08 Å². The first-order valence-corrected chi connectivity index (χ1v) is 9.50. The Morgan fingerprint density at radius 2 is 2.00 bits per heavy atom. The molecule has 0 aliphatic carbocycles. The molecule has 0 bridgehead atoms. The van der Waals surface area contributed by atoms with Crippen LogP contribution in [0.25, 0.3) is 0 Å². The molecule has 1 aliphatic rings. The predicted molar refractivity (Wildman–Crippen MR) is 71.2 cm³/mol. The molecular formula is C13H26O2Si. The second kappa shape index (κ2) is 4.28. The van der Waals surface area contributed by atoms with Gasteiger partial charge in [0.25, 0.3) is 0 Å². The Morgan fingerprint density at radius 1 is 1.44 bits per heavy atom. The zero-order chi connectivity index (χ0) is 12.6. The van der Waals surface area contributed by atoms with Crippen molar-refractivity contribution >= 4 is 8.32 Å². The fourth-order valence-electron chi connectivity index (χ4n) is 2.36. The largest absolute Gasteiger partial charge is 0.410 e. The second-order valence-corrected chi connectivity index (χ2v) is 10.9. The predicted octanol–water partition coefficient (Wildman–Crippen LogP) is 3.74. The van der Waals surface area contributed by atoms with Crippen LogP contribution < -0.4 is 0 Å². The average Bonchev–Trinajstić information content (AvgIpc) is 2.45. The van der Waals surface area contributed by atoms with Gasteiger partial charge in [-0.3, -0.25) is 0 Å². The number of hydrogen-bond donors (Lipinski definition) is 0. The lowest BCUT2D eigenvalue weighted by Gasteiger charge is -2.38. The molecule has 1 aliphatic heterocycles. The summed E-state index contributed by atoms with van der Waals surface area (Å²) in [4.78, 5) is 0. The minimum Gasteiger partial charge on any atom is -0.410 e. The zero-order valence-corrected chi connectivity index (χ0v) is 12.6. The average molecular weight is 242 g/mol. The highest BCUT2D eigenvalue weighted by molar-refractivity contribution is 6.69. The smallest absolute Gasteiger partial charge is 0.184 e. The van der Waals surface area contributed by atoms with E-state index in [4.69, 9.17) is 9.16 Å². The van der Waals surface area contributed by atoms with Crippen LogP contribution in [0.2, 0.25) is 19.6 Å². The van der Waals surface area contributed by atoms with Crippen LogP contribution in [0.4, 0.5) is 0 Å². The highest BCUT2D eigenvalue weighted by Gasteiger charge is 2.43. The molecule has 1 rings (SSSR count). The van der Waals surface area contributed by atoms with Crippen molar-refractivity contribution in [2.45, 2.75) is 70.6 Å². The van der Waals surface area contributed by atoms with Gasteiger partial charge < -0.3 is 9.16 Å². The standard InChI is InChI=1S/C13H26O2Si/c1-8-13(4)10-9-11(14-13)12(2,3)15-16(5,6)7/h8,11H,1,9-10H2,2-7H3/t11-,13-/m0/s1. The number of rotatable bonds is 4. The quantitative estimate of drug-likeness (QED) is 0.552. The summed E-state index contributed by atoms with van der Waals surface area (Å²) in [5, 5.41) is 0. The Labute approximate surface area is 101 Å². The fourth-order valence-corrected chi connectivity index (χ4v) is 4.06. The maximum Gasteiger partial charge on any atom is 0.184 e. The molecule has 0 spiro atoms. The Kier molecular flexibility index (Phi) is 3.73. The van der Waals surface area contributed by atoms with Crippen molar-refractivity contribution in [1.29, 1.82) is 0 Å². The lowest BCUT2D eigenvalue weighted by molar-refractivity contribution is -0.0909. The molecule has 1 saturated heterocycles. The van der Waals surface area contributed by atoms with Crippen molar-refractivity contribution in [3.8, 4) is 0 Å². The van der Waals surface area contributed by atoms with Crippen LogP contribution >= 0.6 is 0 Å². The first-order chi connectivity index (χ1) is 7.08. The molecule has 0 aromatic rings. The molecule has 2 nitrogen and oxygen atoms in total. The van der Waals surface area contributed by atoms with Gasteiger partial charge in [-0.2, -0.15) is 0 Å². The molecule has 0 unspecified atom stereocenters. The maximum atomic E-state index is 6.23. The van der Waals surface area contributed by atoms with Gasteiger partial charge in [0, 0.05) is 0 Å². The molecule has 94 valence electrons. The van der Waals surface area contributed by atoms with E-state index in [1.54, 1.807) is 0 Å². The Hall–Kier alpha value is -0.123. The molecule has 1 heterocycles. The Bertz CT molecular complexity index is 268. The van der Waals surface area contributed by atoms with E-state index >= 15 is 0 Å². The highest BCUT2D eigenvalue weighted by Crippen LogP contribution is 2.38. The summed E-state index contributed by atoms with van der Waals surface area (Å²) >= 11 is 0. The van der Waals surface area contributed by atoms with Crippen molar-refractivity contribution in [1.82, 2.24) is 0 Å². The third kappa shape index (κ3) is 3.44. The first kappa shape index (κ1) is 13.9. The van der Waals surface area contributed by atoms with Gasteiger partial charge in [-0.25, -0.2) is 0 Å². The van der Waals surface area contributed by atoms with E-state index in [-0.39, 0.29) is 17.3 Å². The maximum absolute atomic E-state index is 6.23. The second-order valence-electron chi connectivity index (χ2n) is 6.48. The molecule has 0 amide bonds. The molecule has 0 aromatic carbocycles.